The van der Waals surface area contributed by atoms with Crippen LogP contribution in [0.5, 0.6) is 0 Å². The van der Waals surface area contributed by atoms with Gasteiger partial charge in [0.05, 0.1) is 11.7 Å². The minimum absolute atomic E-state index is 0.0980. The second-order valence-corrected chi connectivity index (χ2v) is 5.07. The van der Waals surface area contributed by atoms with Crippen LogP contribution in [0.15, 0.2) is 24.4 Å². The molecule has 2 aromatic rings. The van der Waals surface area contributed by atoms with E-state index in [-0.39, 0.29) is 11.7 Å². The number of pyridine rings is 1. The number of carbonyl (C=O) groups is 1. The van der Waals surface area contributed by atoms with Crippen LogP contribution >= 0.6 is 0 Å². The molecule has 0 saturated heterocycles. The van der Waals surface area contributed by atoms with E-state index >= 15 is 0 Å². The van der Waals surface area contributed by atoms with Gasteiger partial charge in [-0.3, -0.25) is 14.5 Å². The zero-order valence-electron chi connectivity index (χ0n) is 12.7. The molecular weight excluding hydrogens is 290 g/mol. The molecule has 0 aliphatic heterocycles. The second kappa shape index (κ2) is 6.64. The molecule has 5 nitrogen and oxygen atoms in total. The van der Waals surface area contributed by atoms with Gasteiger partial charge in [0, 0.05) is 13.2 Å². The van der Waals surface area contributed by atoms with Crippen LogP contribution in [0.25, 0.3) is 0 Å². The summed E-state index contributed by atoms with van der Waals surface area (Å²) in [5.74, 6) is -0.448. The Morgan fingerprint density at radius 1 is 1.36 bits per heavy atom. The first-order chi connectivity index (χ1) is 10.4. The Bertz CT molecular complexity index is 652. The van der Waals surface area contributed by atoms with Crippen LogP contribution in [0.4, 0.5) is 8.78 Å². The fourth-order valence-electron chi connectivity index (χ4n) is 2.11. The number of halogens is 2. The van der Waals surface area contributed by atoms with Gasteiger partial charge < -0.3 is 5.32 Å². The fraction of sp³-hybridized carbons (Fsp3) is 0.400. The first kappa shape index (κ1) is 16.1. The van der Waals surface area contributed by atoms with Crippen molar-refractivity contribution in [3.63, 3.8) is 0 Å². The van der Waals surface area contributed by atoms with E-state index in [0.717, 1.165) is 22.0 Å². The molecule has 2 heterocycles. The van der Waals surface area contributed by atoms with Gasteiger partial charge in [0.15, 0.2) is 0 Å². The van der Waals surface area contributed by atoms with E-state index in [1.807, 2.05) is 26.0 Å². The molecule has 2 aromatic heterocycles. The van der Waals surface area contributed by atoms with Crippen molar-refractivity contribution < 1.29 is 13.6 Å². The van der Waals surface area contributed by atoms with Crippen LogP contribution in [-0.4, -0.2) is 20.7 Å². The maximum Gasteiger partial charge on any atom is 0.282 e. The van der Waals surface area contributed by atoms with E-state index in [4.69, 9.17) is 0 Å². The van der Waals surface area contributed by atoms with Crippen LogP contribution < -0.4 is 5.32 Å². The van der Waals surface area contributed by atoms with Crippen molar-refractivity contribution in [3.05, 3.63) is 47.0 Å². The molecule has 0 aromatic carbocycles. The van der Waals surface area contributed by atoms with Crippen LogP contribution in [0.2, 0.25) is 0 Å². The van der Waals surface area contributed by atoms with E-state index < -0.39 is 18.0 Å². The largest absolute Gasteiger partial charge is 0.342 e. The predicted molar refractivity (Wildman–Crippen MR) is 77.6 cm³/mol. The van der Waals surface area contributed by atoms with Gasteiger partial charge in [-0.2, -0.15) is 5.10 Å². The number of amides is 1. The van der Waals surface area contributed by atoms with Gasteiger partial charge in [-0.05, 0) is 31.0 Å². The number of aryl methyl sites for hydroxylation is 2. The normalized spacial score (nSPS) is 12.5. The van der Waals surface area contributed by atoms with E-state index in [2.05, 4.69) is 15.4 Å². The van der Waals surface area contributed by atoms with Gasteiger partial charge in [0.2, 0.25) is 0 Å². The van der Waals surface area contributed by atoms with E-state index in [0.29, 0.717) is 6.42 Å². The summed E-state index contributed by atoms with van der Waals surface area (Å²) in [4.78, 5) is 16.6. The van der Waals surface area contributed by atoms with Gasteiger partial charge in [0.1, 0.15) is 11.4 Å². The second-order valence-electron chi connectivity index (χ2n) is 5.07. The number of nitrogens with zero attached hydrogens (tertiary/aromatic N) is 3. The van der Waals surface area contributed by atoms with Gasteiger partial charge in [-0.15, -0.1) is 0 Å². The zero-order chi connectivity index (χ0) is 16.3. The maximum atomic E-state index is 12.6. The number of hydrogen-bond donors (Lipinski definition) is 1. The Morgan fingerprint density at radius 2 is 2.09 bits per heavy atom. The number of alkyl halides is 2. The minimum atomic E-state index is -2.70. The SMILES string of the molecule is CCC(NC(=O)c1cc(C(F)F)nn1C)c1ccc(C)cn1. The van der Waals surface area contributed by atoms with Gasteiger partial charge in [-0.1, -0.05) is 13.0 Å². The molecule has 1 N–H and O–H groups in total. The van der Waals surface area contributed by atoms with Crippen molar-refractivity contribution in [2.45, 2.75) is 32.7 Å². The molecular formula is C15H18F2N4O. The summed E-state index contributed by atoms with van der Waals surface area (Å²) in [6.07, 6.45) is -0.335. The van der Waals surface area contributed by atoms with E-state index in [1.165, 1.54) is 7.05 Å². The van der Waals surface area contributed by atoms with Crippen molar-refractivity contribution in [1.29, 1.82) is 0 Å². The van der Waals surface area contributed by atoms with E-state index in [9.17, 15) is 13.6 Å². The lowest BCUT2D eigenvalue weighted by atomic mass is 10.1. The summed E-state index contributed by atoms with van der Waals surface area (Å²) < 4.78 is 26.4. The lowest BCUT2D eigenvalue weighted by Gasteiger charge is -2.16. The molecule has 7 heteroatoms. The van der Waals surface area contributed by atoms with Crippen LogP contribution in [0, 0.1) is 6.92 Å². The van der Waals surface area contributed by atoms with Crippen LogP contribution in [0.1, 0.15) is 53.3 Å². The average molecular weight is 308 g/mol. The number of hydrogen-bond acceptors (Lipinski definition) is 3. The van der Waals surface area contributed by atoms with Crippen LogP contribution in [0.3, 0.4) is 0 Å². The Morgan fingerprint density at radius 3 is 2.59 bits per heavy atom. The number of rotatable bonds is 5. The molecule has 0 aliphatic carbocycles. The smallest absolute Gasteiger partial charge is 0.282 e. The van der Waals surface area contributed by atoms with Gasteiger partial charge in [-0.25, -0.2) is 8.78 Å². The molecule has 0 fully saturated rings. The third-order valence-corrected chi connectivity index (χ3v) is 3.36. The Hall–Kier alpha value is -2.31. The average Bonchev–Trinajstić information content (AvgIpc) is 2.88. The Balaban J connectivity index is 2.17. The van der Waals surface area contributed by atoms with Gasteiger partial charge >= 0.3 is 0 Å². The third kappa shape index (κ3) is 3.47. The lowest BCUT2D eigenvalue weighted by Crippen LogP contribution is -2.30. The molecule has 1 atom stereocenters. The summed E-state index contributed by atoms with van der Waals surface area (Å²) >= 11 is 0. The molecule has 0 saturated carbocycles. The maximum absolute atomic E-state index is 12.6. The highest BCUT2D eigenvalue weighted by molar-refractivity contribution is 5.92. The Labute approximate surface area is 127 Å². The standard InChI is InChI=1S/C15H18F2N4O/c1-4-10(11-6-5-9(2)8-18-11)19-15(22)13-7-12(14(16)17)20-21(13)3/h5-8,10,14H,4H2,1-3H3,(H,19,22). The summed E-state index contributed by atoms with van der Waals surface area (Å²) in [5.41, 5.74) is 1.45. The molecule has 1 unspecified atom stereocenters. The van der Waals surface area contributed by atoms with E-state index in [1.54, 1.807) is 6.20 Å². The quantitative estimate of drug-likeness (QED) is 0.924. The highest BCUT2D eigenvalue weighted by Gasteiger charge is 2.21. The summed E-state index contributed by atoms with van der Waals surface area (Å²) in [7, 11) is 1.46. The molecule has 118 valence electrons. The monoisotopic (exact) mass is 308 g/mol. The highest BCUT2D eigenvalue weighted by Crippen LogP contribution is 2.19. The molecule has 0 spiro atoms. The Kier molecular flexibility index (Phi) is 4.85. The van der Waals surface area contributed by atoms with Crippen molar-refractivity contribution in [3.8, 4) is 0 Å². The summed E-state index contributed by atoms with van der Waals surface area (Å²) in [6, 6.07) is 4.58. The highest BCUT2D eigenvalue weighted by atomic mass is 19.3. The minimum Gasteiger partial charge on any atom is -0.342 e. The number of carbonyl (C=O) groups excluding carboxylic acids is 1. The fourth-order valence-corrected chi connectivity index (χ4v) is 2.11. The third-order valence-electron chi connectivity index (χ3n) is 3.36. The summed E-state index contributed by atoms with van der Waals surface area (Å²) in [6.45, 7) is 3.85. The zero-order valence-corrected chi connectivity index (χ0v) is 12.7. The van der Waals surface area contributed by atoms with Crippen molar-refractivity contribution in [2.75, 3.05) is 0 Å². The van der Waals surface area contributed by atoms with Gasteiger partial charge in [0.25, 0.3) is 12.3 Å². The predicted octanol–water partition coefficient (Wildman–Crippen LogP) is 2.94. The molecule has 0 radical (unpaired) electrons. The lowest BCUT2D eigenvalue weighted by molar-refractivity contribution is 0.0925. The van der Waals surface area contributed by atoms with Crippen molar-refractivity contribution in [2.24, 2.45) is 7.05 Å². The van der Waals surface area contributed by atoms with Crippen LogP contribution in [-0.2, 0) is 7.05 Å². The van der Waals surface area contributed by atoms with Crippen molar-refractivity contribution >= 4 is 5.91 Å². The first-order valence-corrected chi connectivity index (χ1v) is 6.97. The molecule has 0 bridgehead atoms. The number of nitrogens with one attached hydrogen (secondary N) is 1. The molecule has 2 rings (SSSR count). The molecule has 1 amide bonds. The first-order valence-electron chi connectivity index (χ1n) is 6.97. The van der Waals surface area contributed by atoms with Crippen molar-refractivity contribution in [1.82, 2.24) is 20.1 Å². The summed E-state index contributed by atoms with van der Waals surface area (Å²) in [5, 5.41) is 6.44. The number of aromatic nitrogens is 3. The molecule has 22 heavy (non-hydrogen) atoms. The molecule has 0 aliphatic rings. The topological polar surface area (TPSA) is 59.8 Å².